The van der Waals surface area contributed by atoms with Gasteiger partial charge in [0.25, 0.3) is 0 Å². The summed E-state index contributed by atoms with van der Waals surface area (Å²) in [5.74, 6) is -1.30. The SMILES string of the molecule is NC1CC(C(=O)N2CCC(C(F)(F)F)CC2)C1. The molecule has 1 heterocycles. The highest BCUT2D eigenvalue weighted by Gasteiger charge is 2.43. The molecular weight excluding hydrogens is 233 g/mol. The van der Waals surface area contributed by atoms with Crippen LogP contribution in [0.4, 0.5) is 13.2 Å². The van der Waals surface area contributed by atoms with Crippen LogP contribution in [-0.2, 0) is 4.79 Å². The Bertz CT molecular complexity index is 292. The Balaban J connectivity index is 1.81. The lowest BCUT2D eigenvalue weighted by molar-refractivity contribution is -0.187. The Morgan fingerprint density at radius 2 is 1.71 bits per heavy atom. The second-order valence-electron chi connectivity index (χ2n) is 5.07. The number of nitrogens with zero attached hydrogens (tertiary/aromatic N) is 1. The molecule has 0 bridgehead atoms. The molecule has 6 heteroatoms. The summed E-state index contributed by atoms with van der Waals surface area (Å²) >= 11 is 0. The molecule has 17 heavy (non-hydrogen) atoms. The summed E-state index contributed by atoms with van der Waals surface area (Å²) in [5, 5.41) is 0. The summed E-state index contributed by atoms with van der Waals surface area (Å²) in [6.45, 7) is 0.462. The van der Waals surface area contributed by atoms with Crippen molar-refractivity contribution in [3.63, 3.8) is 0 Å². The number of rotatable bonds is 1. The van der Waals surface area contributed by atoms with Gasteiger partial charge in [0.05, 0.1) is 5.92 Å². The number of amides is 1. The van der Waals surface area contributed by atoms with Crippen LogP contribution in [0.1, 0.15) is 25.7 Å². The maximum atomic E-state index is 12.4. The first-order valence-electron chi connectivity index (χ1n) is 5.99. The second kappa shape index (κ2) is 4.48. The average molecular weight is 250 g/mol. The van der Waals surface area contributed by atoms with Crippen molar-refractivity contribution in [1.29, 1.82) is 0 Å². The third kappa shape index (κ3) is 2.73. The van der Waals surface area contributed by atoms with Crippen LogP contribution in [-0.4, -0.2) is 36.1 Å². The zero-order valence-electron chi connectivity index (χ0n) is 9.54. The predicted molar refractivity (Wildman–Crippen MR) is 56.1 cm³/mol. The molecule has 1 amide bonds. The minimum Gasteiger partial charge on any atom is -0.342 e. The second-order valence-corrected chi connectivity index (χ2v) is 5.07. The number of carbonyl (C=O) groups is 1. The Kier molecular flexibility index (Phi) is 3.34. The lowest BCUT2D eigenvalue weighted by Crippen LogP contribution is -2.49. The molecule has 2 N–H and O–H groups in total. The van der Waals surface area contributed by atoms with E-state index in [4.69, 9.17) is 5.73 Å². The van der Waals surface area contributed by atoms with Gasteiger partial charge in [-0.2, -0.15) is 13.2 Å². The molecule has 1 saturated carbocycles. The van der Waals surface area contributed by atoms with Gasteiger partial charge in [-0.3, -0.25) is 4.79 Å². The first-order chi connectivity index (χ1) is 7.88. The predicted octanol–water partition coefficient (Wildman–Crippen LogP) is 1.52. The lowest BCUT2D eigenvalue weighted by Gasteiger charge is -2.39. The molecule has 1 aliphatic carbocycles. The number of alkyl halides is 3. The van der Waals surface area contributed by atoms with Gasteiger partial charge >= 0.3 is 6.18 Å². The van der Waals surface area contributed by atoms with E-state index in [1.54, 1.807) is 4.90 Å². The molecule has 0 radical (unpaired) electrons. The van der Waals surface area contributed by atoms with Gasteiger partial charge in [0.2, 0.25) is 5.91 Å². The number of hydrogen-bond acceptors (Lipinski definition) is 2. The Labute approximate surface area is 98.1 Å². The van der Waals surface area contributed by atoms with Crippen LogP contribution < -0.4 is 5.73 Å². The fourth-order valence-electron chi connectivity index (χ4n) is 2.55. The summed E-state index contributed by atoms with van der Waals surface area (Å²) in [7, 11) is 0. The molecular formula is C11H17F3N2O. The number of halogens is 3. The van der Waals surface area contributed by atoms with Gasteiger partial charge in [-0.1, -0.05) is 0 Å². The monoisotopic (exact) mass is 250 g/mol. The molecule has 0 spiro atoms. The van der Waals surface area contributed by atoms with Crippen molar-refractivity contribution in [2.24, 2.45) is 17.6 Å². The fourth-order valence-corrected chi connectivity index (χ4v) is 2.55. The van der Waals surface area contributed by atoms with E-state index < -0.39 is 12.1 Å². The highest BCUT2D eigenvalue weighted by atomic mass is 19.4. The molecule has 0 aromatic heterocycles. The summed E-state index contributed by atoms with van der Waals surface area (Å²) in [6.07, 6.45) is -2.69. The smallest absolute Gasteiger partial charge is 0.342 e. The molecule has 1 saturated heterocycles. The topological polar surface area (TPSA) is 46.3 Å². The van der Waals surface area contributed by atoms with Crippen molar-refractivity contribution < 1.29 is 18.0 Å². The molecule has 0 atom stereocenters. The van der Waals surface area contributed by atoms with Crippen LogP contribution in [0, 0.1) is 11.8 Å². The number of carbonyl (C=O) groups excluding carboxylic acids is 1. The highest BCUT2D eigenvalue weighted by molar-refractivity contribution is 5.80. The van der Waals surface area contributed by atoms with Crippen LogP contribution in [0.25, 0.3) is 0 Å². The quantitative estimate of drug-likeness (QED) is 0.767. The zero-order valence-corrected chi connectivity index (χ0v) is 9.54. The van der Waals surface area contributed by atoms with Crippen molar-refractivity contribution in [3.05, 3.63) is 0 Å². The van der Waals surface area contributed by atoms with Crippen molar-refractivity contribution in [3.8, 4) is 0 Å². The number of hydrogen-bond donors (Lipinski definition) is 1. The van der Waals surface area contributed by atoms with Crippen LogP contribution in [0.15, 0.2) is 0 Å². The maximum absolute atomic E-state index is 12.4. The van der Waals surface area contributed by atoms with E-state index in [0.717, 1.165) is 0 Å². The third-order valence-electron chi connectivity index (χ3n) is 3.79. The van der Waals surface area contributed by atoms with Gasteiger partial charge in [0.15, 0.2) is 0 Å². The van der Waals surface area contributed by atoms with Crippen molar-refractivity contribution in [2.75, 3.05) is 13.1 Å². The minimum atomic E-state index is -4.12. The lowest BCUT2D eigenvalue weighted by atomic mass is 9.79. The molecule has 0 aromatic rings. The van der Waals surface area contributed by atoms with Gasteiger partial charge in [-0.25, -0.2) is 0 Å². The first kappa shape index (κ1) is 12.7. The largest absolute Gasteiger partial charge is 0.391 e. The van der Waals surface area contributed by atoms with Crippen LogP contribution in [0.2, 0.25) is 0 Å². The molecule has 98 valence electrons. The average Bonchev–Trinajstić information content (AvgIpc) is 2.23. The summed E-state index contributed by atoms with van der Waals surface area (Å²) in [6, 6.07) is 0.0941. The highest BCUT2D eigenvalue weighted by Crippen LogP contribution is 2.35. The summed E-state index contributed by atoms with van der Waals surface area (Å²) in [4.78, 5) is 13.4. The van der Waals surface area contributed by atoms with Crippen molar-refractivity contribution in [1.82, 2.24) is 4.90 Å². The standard InChI is InChI=1S/C11H17F3N2O/c12-11(13,14)8-1-3-16(4-2-8)10(17)7-5-9(15)6-7/h7-9H,1-6,15H2. The fraction of sp³-hybridized carbons (Fsp3) is 0.909. The van der Waals surface area contributed by atoms with E-state index in [-0.39, 0.29) is 43.8 Å². The van der Waals surface area contributed by atoms with Gasteiger partial charge in [-0.05, 0) is 25.7 Å². The molecule has 2 rings (SSSR count). The Morgan fingerprint density at radius 3 is 2.12 bits per heavy atom. The molecule has 1 aliphatic heterocycles. The summed E-state index contributed by atoms with van der Waals surface area (Å²) < 4.78 is 37.3. The molecule has 0 aromatic carbocycles. The van der Waals surface area contributed by atoms with Crippen LogP contribution >= 0.6 is 0 Å². The number of nitrogens with two attached hydrogens (primary N) is 1. The Hall–Kier alpha value is -0.780. The molecule has 2 fully saturated rings. The third-order valence-corrected chi connectivity index (χ3v) is 3.79. The number of piperidine rings is 1. The molecule has 0 unspecified atom stereocenters. The minimum absolute atomic E-state index is 0.00711. The first-order valence-corrected chi connectivity index (χ1v) is 5.99. The normalized spacial score (nSPS) is 31.2. The van der Waals surface area contributed by atoms with E-state index in [1.165, 1.54) is 0 Å². The van der Waals surface area contributed by atoms with Gasteiger partial charge in [0, 0.05) is 25.0 Å². The Morgan fingerprint density at radius 1 is 1.18 bits per heavy atom. The maximum Gasteiger partial charge on any atom is 0.391 e. The van der Waals surface area contributed by atoms with Crippen LogP contribution in [0.5, 0.6) is 0 Å². The molecule has 2 aliphatic rings. The van der Waals surface area contributed by atoms with Gasteiger partial charge in [0.1, 0.15) is 0 Å². The van der Waals surface area contributed by atoms with E-state index in [9.17, 15) is 18.0 Å². The van der Waals surface area contributed by atoms with Gasteiger partial charge < -0.3 is 10.6 Å². The number of likely N-dealkylation sites (tertiary alicyclic amines) is 1. The van der Waals surface area contributed by atoms with Crippen LogP contribution in [0.3, 0.4) is 0 Å². The van der Waals surface area contributed by atoms with E-state index in [1.807, 2.05) is 0 Å². The van der Waals surface area contributed by atoms with Crippen molar-refractivity contribution >= 4 is 5.91 Å². The van der Waals surface area contributed by atoms with E-state index >= 15 is 0 Å². The van der Waals surface area contributed by atoms with E-state index in [0.29, 0.717) is 12.8 Å². The van der Waals surface area contributed by atoms with Gasteiger partial charge in [-0.15, -0.1) is 0 Å². The summed E-state index contributed by atoms with van der Waals surface area (Å²) in [5.41, 5.74) is 5.60. The van der Waals surface area contributed by atoms with E-state index in [2.05, 4.69) is 0 Å². The molecule has 3 nitrogen and oxygen atoms in total. The zero-order chi connectivity index (χ0) is 12.6. The van der Waals surface area contributed by atoms with Crippen molar-refractivity contribution in [2.45, 2.75) is 37.9 Å².